The van der Waals surface area contributed by atoms with Gasteiger partial charge in [0.05, 0.1) is 11.1 Å². The molecule has 3 rings (SSSR count). The second-order valence-electron chi connectivity index (χ2n) is 6.27. The zero-order chi connectivity index (χ0) is 18.2. The minimum atomic E-state index is -0.567. The molecule has 7 heteroatoms. The Labute approximate surface area is 150 Å². The molecule has 2 aromatic rings. The van der Waals surface area contributed by atoms with Gasteiger partial charge in [-0.3, -0.25) is 10.1 Å². The minimum absolute atomic E-state index is 0.0743. The lowest BCUT2D eigenvalue weighted by molar-refractivity contribution is -0.121. The first-order valence-electron chi connectivity index (χ1n) is 7.78. The third-order valence-corrected chi connectivity index (χ3v) is 4.97. The smallest absolute Gasteiger partial charge is 0.413 e. The van der Waals surface area contributed by atoms with Crippen LogP contribution >= 0.6 is 11.3 Å². The van der Waals surface area contributed by atoms with Gasteiger partial charge in [-0.2, -0.15) is 0 Å². The number of ether oxygens (including phenoxy) is 1. The van der Waals surface area contributed by atoms with E-state index in [1.165, 1.54) is 17.4 Å². The molecule has 1 aliphatic rings. The van der Waals surface area contributed by atoms with Crippen molar-refractivity contribution >= 4 is 34.2 Å². The lowest BCUT2D eigenvalue weighted by Crippen LogP contribution is -2.33. The van der Waals surface area contributed by atoms with Crippen molar-refractivity contribution in [2.75, 3.05) is 23.9 Å². The number of nitrogens with zero attached hydrogens (tertiary/aromatic N) is 2. The summed E-state index contributed by atoms with van der Waals surface area (Å²) in [6.07, 6.45) is 0.931. The predicted molar refractivity (Wildman–Crippen MR) is 99.2 cm³/mol. The summed E-state index contributed by atoms with van der Waals surface area (Å²) in [5.74, 6) is 0.0743. The molecule has 1 aromatic carbocycles. The average Bonchev–Trinajstić information content (AvgIpc) is 3.11. The zero-order valence-electron chi connectivity index (χ0n) is 14.3. The molecule has 0 saturated carbocycles. The maximum atomic E-state index is 12.4. The second kappa shape index (κ2) is 6.33. The second-order valence-corrected chi connectivity index (χ2v) is 7.13. The van der Waals surface area contributed by atoms with Crippen LogP contribution in [0.4, 0.5) is 15.6 Å². The van der Waals surface area contributed by atoms with Crippen LogP contribution in [0.2, 0.25) is 0 Å². The number of hydrogen-bond acceptors (Lipinski definition) is 5. The molecule has 0 unspecified atom stereocenters. The highest BCUT2D eigenvalue weighted by Gasteiger charge is 2.42. The van der Waals surface area contributed by atoms with Crippen molar-refractivity contribution in [2.24, 2.45) is 0 Å². The van der Waals surface area contributed by atoms with E-state index in [2.05, 4.69) is 16.9 Å². The van der Waals surface area contributed by atoms with Gasteiger partial charge in [-0.05, 0) is 31.5 Å². The monoisotopic (exact) mass is 357 g/mol. The summed E-state index contributed by atoms with van der Waals surface area (Å²) in [6.45, 7) is 7.48. The molecule has 2 heterocycles. The fourth-order valence-corrected chi connectivity index (χ4v) is 3.56. The average molecular weight is 357 g/mol. The Balaban J connectivity index is 1.85. The fourth-order valence-electron chi connectivity index (χ4n) is 2.85. The summed E-state index contributed by atoms with van der Waals surface area (Å²) in [4.78, 5) is 30.1. The molecule has 0 atom stereocenters. The number of thiazole rings is 1. The zero-order valence-corrected chi connectivity index (χ0v) is 15.1. The van der Waals surface area contributed by atoms with Crippen LogP contribution in [-0.4, -0.2) is 30.6 Å². The number of amides is 2. The molecule has 2 amide bonds. The van der Waals surface area contributed by atoms with Crippen LogP contribution in [0.15, 0.2) is 36.2 Å². The number of aromatic nitrogens is 1. The molecule has 1 aromatic heterocycles. The van der Waals surface area contributed by atoms with Gasteiger partial charge in [0, 0.05) is 23.7 Å². The van der Waals surface area contributed by atoms with E-state index in [1.807, 2.05) is 37.4 Å². The van der Waals surface area contributed by atoms with E-state index < -0.39 is 11.5 Å². The molecule has 1 aliphatic heterocycles. The first-order chi connectivity index (χ1) is 11.8. The number of benzene rings is 1. The Morgan fingerprint density at radius 2 is 2.24 bits per heavy atom. The van der Waals surface area contributed by atoms with Crippen molar-refractivity contribution in [3.05, 3.63) is 41.8 Å². The van der Waals surface area contributed by atoms with Crippen molar-refractivity contribution in [1.82, 2.24) is 4.98 Å². The van der Waals surface area contributed by atoms with Crippen molar-refractivity contribution < 1.29 is 14.3 Å². The fraction of sp³-hybridized carbons (Fsp3) is 0.278. The van der Waals surface area contributed by atoms with Crippen LogP contribution in [0.3, 0.4) is 0 Å². The topological polar surface area (TPSA) is 71.5 Å². The third kappa shape index (κ3) is 3.02. The van der Waals surface area contributed by atoms with Crippen molar-refractivity contribution in [3.63, 3.8) is 0 Å². The van der Waals surface area contributed by atoms with Gasteiger partial charge in [0.25, 0.3) is 0 Å². The number of carbonyl (C=O) groups excluding carboxylic acids is 2. The SMILES string of the molecule is C=CCOC(=O)Nc1nc(-c2ccc3c(c2)C(C)(C)C(=O)N3C)cs1. The summed E-state index contributed by atoms with van der Waals surface area (Å²) in [6, 6.07) is 5.85. The molecule has 25 heavy (non-hydrogen) atoms. The van der Waals surface area contributed by atoms with Crippen molar-refractivity contribution in [2.45, 2.75) is 19.3 Å². The van der Waals surface area contributed by atoms with Crippen molar-refractivity contribution in [1.29, 1.82) is 0 Å². The lowest BCUT2D eigenvalue weighted by atomic mass is 9.85. The quantitative estimate of drug-likeness (QED) is 0.845. The van der Waals surface area contributed by atoms with Gasteiger partial charge in [-0.1, -0.05) is 18.7 Å². The molecule has 0 spiro atoms. The first kappa shape index (κ1) is 17.2. The summed E-state index contributed by atoms with van der Waals surface area (Å²) < 4.78 is 4.88. The lowest BCUT2D eigenvalue weighted by Gasteiger charge is -2.16. The van der Waals surface area contributed by atoms with Crippen LogP contribution in [0.5, 0.6) is 0 Å². The van der Waals surface area contributed by atoms with Crippen LogP contribution in [0, 0.1) is 0 Å². The summed E-state index contributed by atoms with van der Waals surface area (Å²) in [5, 5.41) is 4.90. The Morgan fingerprint density at radius 3 is 2.96 bits per heavy atom. The van der Waals surface area contributed by atoms with Crippen LogP contribution in [0.1, 0.15) is 19.4 Å². The van der Waals surface area contributed by atoms with Crippen LogP contribution in [-0.2, 0) is 14.9 Å². The summed E-state index contributed by atoms with van der Waals surface area (Å²) in [5.41, 5.74) is 2.97. The van der Waals surface area contributed by atoms with Gasteiger partial charge in [0.1, 0.15) is 6.61 Å². The molecule has 1 N–H and O–H groups in total. The Kier molecular flexibility index (Phi) is 4.34. The highest BCUT2D eigenvalue weighted by atomic mass is 32.1. The van der Waals surface area contributed by atoms with E-state index in [1.54, 1.807) is 11.9 Å². The van der Waals surface area contributed by atoms with E-state index in [-0.39, 0.29) is 12.5 Å². The molecule has 130 valence electrons. The minimum Gasteiger partial charge on any atom is -0.445 e. The standard InChI is InChI=1S/C18H19N3O3S/c1-5-8-24-17(23)20-16-19-13(10-25-16)11-6-7-14-12(9-11)18(2,3)15(22)21(14)4/h5-7,9-10H,1,8H2,2-4H3,(H,19,20,23). The molecule has 0 fully saturated rings. The van der Waals surface area contributed by atoms with Gasteiger partial charge >= 0.3 is 6.09 Å². The van der Waals surface area contributed by atoms with E-state index in [0.717, 1.165) is 22.5 Å². The summed E-state index contributed by atoms with van der Waals surface area (Å²) in [7, 11) is 1.79. The molecule has 6 nitrogen and oxygen atoms in total. The highest BCUT2D eigenvalue weighted by Crippen LogP contribution is 2.42. The number of carbonyl (C=O) groups is 2. The van der Waals surface area contributed by atoms with Crippen molar-refractivity contribution in [3.8, 4) is 11.3 Å². The summed E-state index contributed by atoms with van der Waals surface area (Å²) >= 11 is 1.31. The van der Waals surface area contributed by atoms with Gasteiger partial charge in [-0.25, -0.2) is 9.78 Å². The first-order valence-corrected chi connectivity index (χ1v) is 8.66. The van der Waals surface area contributed by atoms with Gasteiger partial charge in [-0.15, -0.1) is 11.3 Å². The number of nitrogens with one attached hydrogen (secondary N) is 1. The van der Waals surface area contributed by atoms with Gasteiger partial charge in [0.15, 0.2) is 5.13 Å². The van der Waals surface area contributed by atoms with E-state index in [9.17, 15) is 9.59 Å². The van der Waals surface area contributed by atoms with E-state index in [0.29, 0.717) is 5.13 Å². The molecule has 0 radical (unpaired) electrons. The Morgan fingerprint density at radius 1 is 1.48 bits per heavy atom. The molecule has 0 saturated heterocycles. The molecular weight excluding hydrogens is 338 g/mol. The molecule has 0 aliphatic carbocycles. The Bertz CT molecular complexity index is 857. The highest BCUT2D eigenvalue weighted by molar-refractivity contribution is 7.14. The molecule has 0 bridgehead atoms. The maximum absolute atomic E-state index is 12.4. The number of fused-ring (bicyclic) bond motifs is 1. The number of rotatable bonds is 4. The normalized spacial score (nSPS) is 15.0. The number of hydrogen-bond donors (Lipinski definition) is 1. The van der Waals surface area contributed by atoms with Gasteiger partial charge < -0.3 is 9.64 Å². The number of anilines is 2. The predicted octanol–water partition coefficient (Wildman–Crippen LogP) is 3.80. The maximum Gasteiger partial charge on any atom is 0.413 e. The van der Waals surface area contributed by atoms with Crippen LogP contribution in [0.25, 0.3) is 11.3 Å². The molecular formula is C18H19N3O3S. The van der Waals surface area contributed by atoms with Gasteiger partial charge in [0.2, 0.25) is 5.91 Å². The van der Waals surface area contributed by atoms with Crippen LogP contribution < -0.4 is 10.2 Å². The third-order valence-electron chi connectivity index (χ3n) is 4.21. The van der Waals surface area contributed by atoms with E-state index >= 15 is 0 Å². The number of likely N-dealkylation sites (N-methyl/N-ethyl adjacent to an activating group) is 1. The Hall–Kier alpha value is -2.67. The van der Waals surface area contributed by atoms with E-state index in [4.69, 9.17) is 4.74 Å². The largest absolute Gasteiger partial charge is 0.445 e.